The van der Waals surface area contributed by atoms with Gasteiger partial charge in [0.25, 0.3) is 5.56 Å². The van der Waals surface area contributed by atoms with Gasteiger partial charge in [0.2, 0.25) is 0 Å². The minimum absolute atomic E-state index is 0.358. The number of rotatable bonds is 2. The first kappa shape index (κ1) is 13.5. The maximum atomic E-state index is 11.9. The number of hydrogen-bond acceptors (Lipinski definition) is 3. The number of aromatic nitrogens is 2. The number of nitrogens with zero attached hydrogens (tertiary/aromatic N) is 3. The quantitative estimate of drug-likeness (QED) is 0.789. The summed E-state index contributed by atoms with van der Waals surface area (Å²) in [6, 6.07) is 7.43. The molecule has 2 aromatic rings. The van der Waals surface area contributed by atoms with Gasteiger partial charge in [-0.1, -0.05) is 12.1 Å². The van der Waals surface area contributed by atoms with E-state index >= 15 is 0 Å². The van der Waals surface area contributed by atoms with Crippen LogP contribution < -0.4 is 11.2 Å². The summed E-state index contributed by atoms with van der Waals surface area (Å²) in [5.74, 6) is 0. The summed E-state index contributed by atoms with van der Waals surface area (Å²) in [6.07, 6.45) is 2.94. The van der Waals surface area contributed by atoms with Gasteiger partial charge >= 0.3 is 5.69 Å². The highest BCUT2D eigenvalue weighted by Gasteiger charge is 2.04. The van der Waals surface area contributed by atoms with Gasteiger partial charge in [0, 0.05) is 31.0 Å². The molecule has 19 heavy (non-hydrogen) atoms. The average Bonchev–Trinajstić information content (AvgIpc) is 2.40. The predicted octanol–water partition coefficient (Wildman–Crippen LogP) is 1.60. The van der Waals surface area contributed by atoms with E-state index in [1.807, 2.05) is 24.3 Å². The van der Waals surface area contributed by atoms with Crippen molar-refractivity contribution in [3.63, 3.8) is 0 Å². The lowest BCUT2D eigenvalue weighted by molar-refractivity contribution is 0.684. The third-order valence-electron chi connectivity index (χ3n) is 2.67. The Balaban J connectivity index is 2.49. The van der Waals surface area contributed by atoms with Crippen molar-refractivity contribution < 1.29 is 0 Å². The molecule has 1 aromatic carbocycles. The van der Waals surface area contributed by atoms with E-state index in [9.17, 15) is 9.59 Å². The lowest BCUT2D eigenvalue weighted by Crippen LogP contribution is -2.38. The van der Waals surface area contributed by atoms with E-state index in [0.717, 1.165) is 14.7 Å². The van der Waals surface area contributed by atoms with Gasteiger partial charge in [-0.25, -0.2) is 4.79 Å². The van der Waals surface area contributed by atoms with E-state index < -0.39 is 0 Å². The van der Waals surface area contributed by atoms with E-state index in [4.69, 9.17) is 0 Å². The molecule has 0 aliphatic heterocycles. The minimum atomic E-state index is -0.362. The number of benzene rings is 1. The van der Waals surface area contributed by atoms with Gasteiger partial charge in [0.15, 0.2) is 0 Å². The van der Waals surface area contributed by atoms with Gasteiger partial charge in [-0.15, -0.1) is 0 Å². The third kappa shape index (κ3) is 2.73. The van der Waals surface area contributed by atoms with Gasteiger partial charge in [-0.2, -0.15) is 0 Å². The second-order valence-electron chi connectivity index (χ2n) is 4.05. The molecule has 0 saturated heterocycles. The zero-order valence-corrected chi connectivity index (χ0v) is 12.1. The molecule has 0 aliphatic carbocycles. The Morgan fingerprint density at radius 2 is 1.89 bits per heavy atom. The van der Waals surface area contributed by atoms with Gasteiger partial charge in [-0.3, -0.25) is 14.4 Å². The molecule has 1 aromatic heterocycles. The van der Waals surface area contributed by atoms with Crippen LogP contribution >= 0.6 is 15.9 Å². The summed E-state index contributed by atoms with van der Waals surface area (Å²) in [5, 5.41) is 0. The van der Waals surface area contributed by atoms with E-state index in [0.29, 0.717) is 5.56 Å². The van der Waals surface area contributed by atoms with Crippen LogP contribution in [0, 0.1) is 0 Å². The average molecular weight is 322 g/mol. The molecular weight excluding hydrogens is 310 g/mol. The van der Waals surface area contributed by atoms with Gasteiger partial charge in [0.05, 0.1) is 11.3 Å². The Morgan fingerprint density at radius 3 is 2.58 bits per heavy atom. The molecule has 98 valence electrons. The fourth-order valence-corrected chi connectivity index (χ4v) is 2.01. The van der Waals surface area contributed by atoms with Crippen molar-refractivity contribution in [3.05, 3.63) is 61.3 Å². The van der Waals surface area contributed by atoms with E-state index in [-0.39, 0.29) is 11.2 Å². The molecule has 0 fully saturated rings. The van der Waals surface area contributed by atoms with Gasteiger partial charge < -0.3 is 4.57 Å². The standard InChI is InChI=1S/C13H12BrN3O2/c1-16-8-9(12(18)17(2)13(16)19)7-15-11-6-4-3-5-10(11)14/h3-8H,1-2H3. The van der Waals surface area contributed by atoms with Crippen LogP contribution in [-0.4, -0.2) is 15.3 Å². The monoisotopic (exact) mass is 321 g/mol. The summed E-state index contributed by atoms with van der Waals surface area (Å²) in [6.45, 7) is 0. The maximum absolute atomic E-state index is 11.9. The van der Waals surface area contributed by atoms with Gasteiger partial charge in [0.1, 0.15) is 0 Å². The number of hydrogen-bond donors (Lipinski definition) is 0. The first-order valence-corrected chi connectivity index (χ1v) is 6.35. The SMILES string of the molecule is Cn1cc(C=Nc2ccccc2Br)c(=O)n(C)c1=O. The molecule has 0 spiro atoms. The van der Waals surface area contributed by atoms with Crippen molar-refractivity contribution >= 4 is 27.8 Å². The molecule has 0 radical (unpaired) electrons. The van der Waals surface area contributed by atoms with E-state index in [2.05, 4.69) is 20.9 Å². The second-order valence-corrected chi connectivity index (χ2v) is 4.91. The fourth-order valence-electron chi connectivity index (χ4n) is 1.62. The molecule has 0 unspecified atom stereocenters. The lowest BCUT2D eigenvalue weighted by Gasteiger charge is -2.03. The Morgan fingerprint density at radius 1 is 1.21 bits per heavy atom. The molecule has 0 amide bonds. The van der Waals surface area contributed by atoms with Crippen LogP contribution in [0.25, 0.3) is 0 Å². The second kappa shape index (κ2) is 5.36. The maximum Gasteiger partial charge on any atom is 0.330 e. The van der Waals surface area contributed by atoms with Crippen LogP contribution in [0.5, 0.6) is 0 Å². The van der Waals surface area contributed by atoms with Crippen LogP contribution in [0.15, 0.2) is 49.5 Å². The molecule has 0 saturated carbocycles. The molecule has 0 bridgehead atoms. The van der Waals surface area contributed by atoms with Crippen molar-refractivity contribution in [2.45, 2.75) is 0 Å². The summed E-state index contributed by atoms with van der Waals surface area (Å²) in [5.41, 5.74) is 0.362. The molecular formula is C13H12BrN3O2. The highest BCUT2D eigenvalue weighted by Crippen LogP contribution is 2.23. The number of aliphatic imine (C=N–C) groups is 1. The van der Waals surface area contributed by atoms with Crippen molar-refractivity contribution in [2.24, 2.45) is 19.1 Å². The predicted molar refractivity (Wildman–Crippen MR) is 78.3 cm³/mol. The molecule has 6 heteroatoms. The van der Waals surface area contributed by atoms with Crippen LogP contribution in [0.1, 0.15) is 5.56 Å². The van der Waals surface area contributed by atoms with E-state index in [1.54, 1.807) is 7.05 Å². The Labute approximate surface area is 118 Å². The highest BCUT2D eigenvalue weighted by molar-refractivity contribution is 9.10. The van der Waals surface area contributed by atoms with Crippen LogP contribution in [0.4, 0.5) is 5.69 Å². The first-order valence-electron chi connectivity index (χ1n) is 5.56. The summed E-state index contributed by atoms with van der Waals surface area (Å²) in [7, 11) is 3.04. The topological polar surface area (TPSA) is 56.4 Å². The zero-order valence-electron chi connectivity index (χ0n) is 10.5. The minimum Gasteiger partial charge on any atom is -0.303 e. The number of halogens is 1. The van der Waals surface area contributed by atoms with Crippen molar-refractivity contribution in [1.29, 1.82) is 0 Å². The largest absolute Gasteiger partial charge is 0.330 e. The number of para-hydroxylation sites is 1. The van der Waals surface area contributed by atoms with Crippen molar-refractivity contribution in [3.8, 4) is 0 Å². The fraction of sp³-hybridized carbons (Fsp3) is 0.154. The molecule has 2 rings (SSSR count). The number of aryl methyl sites for hydroxylation is 1. The van der Waals surface area contributed by atoms with Crippen LogP contribution in [0.3, 0.4) is 0 Å². The van der Waals surface area contributed by atoms with Crippen molar-refractivity contribution in [2.75, 3.05) is 0 Å². The van der Waals surface area contributed by atoms with Crippen LogP contribution in [-0.2, 0) is 14.1 Å². The molecule has 0 aliphatic rings. The zero-order chi connectivity index (χ0) is 14.0. The normalized spacial score (nSPS) is 11.1. The molecule has 5 nitrogen and oxygen atoms in total. The summed E-state index contributed by atoms with van der Waals surface area (Å²) >= 11 is 3.38. The Kier molecular flexibility index (Phi) is 3.80. The smallest absolute Gasteiger partial charge is 0.303 e. The Hall–Kier alpha value is -1.95. The highest BCUT2D eigenvalue weighted by atomic mass is 79.9. The first-order chi connectivity index (χ1) is 9.00. The van der Waals surface area contributed by atoms with Gasteiger partial charge in [-0.05, 0) is 28.1 Å². The Bertz CT molecular complexity index is 759. The van der Waals surface area contributed by atoms with Crippen LogP contribution in [0.2, 0.25) is 0 Å². The summed E-state index contributed by atoms with van der Waals surface area (Å²) < 4.78 is 3.25. The molecule has 1 heterocycles. The third-order valence-corrected chi connectivity index (χ3v) is 3.34. The van der Waals surface area contributed by atoms with Crippen molar-refractivity contribution in [1.82, 2.24) is 9.13 Å². The van der Waals surface area contributed by atoms with E-state index in [1.165, 1.54) is 24.0 Å². The molecule has 0 N–H and O–H groups in total. The summed E-state index contributed by atoms with van der Waals surface area (Å²) in [4.78, 5) is 27.7. The molecule has 0 atom stereocenters. The lowest BCUT2D eigenvalue weighted by atomic mass is 10.3.